The van der Waals surface area contributed by atoms with Crippen molar-refractivity contribution in [3.63, 3.8) is 0 Å². The predicted octanol–water partition coefficient (Wildman–Crippen LogP) is 2.99. The first-order valence-electron chi connectivity index (χ1n) is 5.28. The molecule has 0 bridgehead atoms. The second-order valence-electron chi connectivity index (χ2n) is 3.74. The molecule has 0 saturated carbocycles. The lowest BCUT2D eigenvalue weighted by Gasteiger charge is -2.17. The summed E-state index contributed by atoms with van der Waals surface area (Å²) in [5, 5.41) is 6.06. The second kappa shape index (κ2) is 6.12. The Labute approximate surface area is 108 Å². The van der Waals surface area contributed by atoms with Gasteiger partial charge in [0.15, 0.2) is 5.16 Å². The number of hydrogen-bond acceptors (Lipinski definition) is 5. The fourth-order valence-corrected chi connectivity index (χ4v) is 1.75. The van der Waals surface area contributed by atoms with Crippen molar-refractivity contribution in [1.29, 1.82) is 0 Å². The van der Waals surface area contributed by atoms with Gasteiger partial charge in [0, 0.05) is 19.2 Å². The van der Waals surface area contributed by atoms with Gasteiger partial charge >= 0.3 is 6.18 Å². The fourth-order valence-electron chi connectivity index (χ4n) is 1.37. The molecule has 18 heavy (non-hydrogen) atoms. The van der Waals surface area contributed by atoms with E-state index < -0.39 is 18.6 Å². The molecule has 0 fully saturated rings. The molecule has 0 amide bonds. The molecular weight excluding hydrogens is 265 g/mol. The third-order valence-electron chi connectivity index (χ3n) is 2.08. The summed E-state index contributed by atoms with van der Waals surface area (Å²) < 4.78 is 36.6. The van der Waals surface area contributed by atoms with Crippen molar-refractivity contribution >= 4 is 23.4 Å². The van der Waals surface area contributed by atoms with Gasteiger partial charge in [-0.05, 0) is 13.2 Å². The molecule has 4 nitrogen and oxygen atoms in total. The summed E-state index contributed by atoms with van der Waals surface area (Å²) in [6.07, 6.45) is -3.29. The Morgan fingerprint density at radius 1 is 1.33 bits per heavy atom. The van der Waals surface area contributed by atoms with Crippen LogP contribution in [0.4, 0.5) is 24.8 Å². The van der Waals surface area contributed by atoms with Crippen LogP contribution in [0.25, 0.3) is 0 Å². The summed E-state index contributed by atoms with van der Waals surface area (Å²) in [6.45, 7) is 1.47. The van der Waals surface area contributed by atoms with Gasteiger partial charge < -0.3 is 10.6 Å². The number of aromatic nitrogens is 2. The van der Waals surface area contributed by atoms with Crippen LogP contribution < -0.4 is 10.6 Å². The van der Waals surface area contributed by atoms with Crippen LogP contribution in [-0.2, 0) is 0 Å². The molecule has 0 saturated heterocycles. The normalized spacial score (nSPS) is 13.2. The summed E-state index contributed by atoms with van der Waals surface area (Å²) in [6, 6.07) is 0.839. The number of hydrogen-bond donors (Lipinski definition) is 2. The number of nitrogens with zero attached hydrogens (tertiary/aromatic N) is 2. The topological polar surface area (TPSA) is 49.8 Å². The zero-order valence-corrected chi connectivity index (χ0v) is 11.1. The minimum atomic E-state index is -4.19. The average Bonchev–Trinajstić information content (AvgIpc) is 2.25. The zero-order valence-electron chi connectivity index (χ0n) is 10.3. The Bertz CT molecular complexity index is 375. The van der Waals surface area contributed by atoms with Crippen molar-refractivity contribution in [3.05, 3.63) is 6.07 Å². The highest BCUT2D eigenvalue weighted by Crippen LogP contribution is 2.24. The number of anilines is 2. The van der Waals surface area contributed by atoms with E-state index in [4.69, 9.17) is 0 Å². The molecule has 8 heteroatoms. The molecule has 0 radical (unpaired) electrons. The van der Waals surface area contributed by atoms with Gasteiger partial charge in [0.1, 0.15) is 11.6 Å². The van der Waals surface area contributed by atoms with E-state index in [9.17, 15) is 13.2 Å². The van der Waals surface area contributed by atoms with E-state index in [2.05, 4.69) is 20.6 Å². The van der Waals surface area contributed by atoms with Gasteiger partial charge in [-0.25, -0.2) is 9.97 Å². The van der Waals surface area contributed by atoms with Gasteiger partial charge in [0.2, 0.25) is 0 Å². The Morgan fingerprint density at radius 2 is 1.94 bits per heavy atom. The molecule has 1 rings (SSSR count). The second-order valence-corrected chi connectivity index (χ2v) is 4.51. The first kappa shape index (κ1) is 14.9. The van der Waals surface area contributed by atoms with E-state index in [-0.39, 0.29) is 0 Å². The van der Waals surface area contributed by atoms with E-state index in [1.807, 2.05) is 0 Å². The van der Waals surface area contributed by atoms with Crippen LogP contribution in [0.15, 0.2) is 11.2 Å². The summed E-state index contributed by atoms with van der Waals surface area (Å²) in [5.74, 6) is 0.950. The lowest BCUT2D eigenvalue weighted by Crippen LogP contribution is -2.24. The largest absolute Gasteiger partial charge is 0.391 e. The highest BCUT2D eigenvalue weighted by molar-refractivity contribution is 7.98. The Balaban J connectivity index is 2.77. The Kier molecular flexibility index (Phi) is 5.06. The molecule has 0 spiro atoms. The fraction of sp³-hybridized carbons (Fsp3) is 0.600. The third kappa shape index (κ3) is 4.99. The van der Waals surface area contributed by atoms with Crippen molar-refractivity contribution in [2.75, 3.05) is 23.9 Å². The molecule has 0 aliphatic carbocycles. The predicted molar refractivity (Wildman–Crippen MR) is 67.1 cm³/mol. The smallest absolute Gasteiger partial charge is 0.373 e. The van der Waals surface area contributed by atoms with E-state index in [0.29, 0.717) is 16.8 Å². The molecular formula is C10H15F3N4S. The Hall–Kier alpha value is -1.18. The molecule has 1 atom stereocenters. The lowest BCUT2D eigenvalue weighted by atomic mass is 10.2. The van der Waals surface area contributed by atoms with E-state index in [1.54, 1.807) is 19.4 Å². The number of alkyl halides is 3. The van der Waals surface area contributed by atoms with Crippen LogP contribution in [0.5, 0.6) is 0 Å². The first-order chi connectivity index (χ1) is 8.34. The van der Waals surface area contributed by atoms with Gasteiger partial charge in [-0.1, -0.05) is 11.8 Å². The lowest BCUT2D eigenvalue weighted by molar-refractivity contribution is -0.136. The van der Waals surface area contributed by atoms with Gasteiger partial charge in [0.05, 0.1) is 6.42 Å². The minimum Gasteiger partial charge on any atom is -0.373 e. The monoisotopic (exact) mass is 280 g/mol. The van der Waals surface area contributed by atoms with Crippen molar-refractivity contribution in [2.45, 2.75) is 30.7 Å². The molecule has 0 aliphatic rings. The zero-order chi connectivity index (χ0) is 13.8. The van der Waals surface area contributed by atoms with Crippen LogP contribution >= 0.6 is 11.8 Å². The molecule has 102 valence electrons. The van der Waals surface area contributed by atoms with Gasteiger partial charge in [-0.2, -0.15) is 13.2 Å². The SMILES string of the molecule is CNc1cc(NC(C)CC(F)(F)F)nc(SC)n1. The van der Waals surface area contributed by atoms with Crippen molar-refractivity contribution in [3.8, 4) is 0 Å². The summed E-state index contributed by atoms with van der Waals surface area (Å²) in [7, 11) is 1.69. The average molecular weight is 280 g/mol. The molecule has 1 unspecified atom stereocenters. The molecule has 1 aromatic rings. The van der Waals surface area contributed by atoms with Crippen LogP contribution in [-0.4, -0.2) is 35.5 Å². The van der Waals surface area contributed by atoms with Crippen LogP contribution in [0, 0.1) is 0 Å². The van der Waals surface area contributed by atoms with Crippen molar-refractivity contribution in [2.24, 2.45) is 0 Å². The quantitative estimate of drug-likeness (QED) is 0.641. The summed E-state index contributed by atoms with van der Waals surface area (Å²) in [5.41, 5.74) is 0. The van der Waals surface area contributed by atoms with E-state index in [1.165, 1.54) is 18.7 Å². The van der Waals surface area contributed by atoms with E-state index >= 15 is 0 Å². The maximum Gasteiger partial charge on any atom is 0.391 e. The van der Waals surface area contributed by atoms with Crippen LogP contribution in [0.1, 0.15) is 13.3 Å². The van der Waals surface area contributed by atoms with Crippen LogP contribution in [0.3, 0.4) is 0 Å². The summed E-state index contributed by atoms with van der Waals surface area (Å²) >= 11 is 1.33. The van der Waals surface area contributed by atoms with Gasteiger partial charge in [-0.15, -0.1) is 0 Å². The molecule has 0 aliphatic heterocycles. The molecule has 0 aromatic carbocycles. The standard InChI is InChI=1S/C10H15F3N4S/c1-6(5-10(11,12)13)15-8-4-7(14-2)16-9(17-8)18-3/h4,6H,5H2,1-3H3,(H2,14,15,16,17). The highest BCUT2D eigenvalue weighted by atomic mass is 32.2. The Morgan fingerprint density at radius 3 is 2.44 bits per heavy atom. The van der Waals surface area contributed by atoms with Crippen molar-refractivity contribution in [1.82, 2.24) is 9.97 Å². The minimum absolute atomic E-state index is 0.385. The third-order valence-corrected chi connectivity index (χ3v) is 2.62. The maximum atomic E-state index is 12.2. The number of rotatable bonds is 5. The number of nitrogens with one attached hydrogen (secondary N) is 2. The van der Waals surface area contributed by atoms with Crippen molar-refractivity contribution < 1.29 is 13.2 Å². The molecule has 1 aromatic heterocycles. The van der Waals surface area contributed by atoms with Gasteiger partial charge in [0.25, 0.3) is 0 Å². The summed E-state index contributed by atoms with van der Waals surface area (Å²) in [4.78, 5) is 8.23. The number of thioether (sulfide) groups is 1. The van der Waals surface area contributed by atoms with Crippen LogP contribution in [0.2, 0.25) is 0 Å². The number of halogens is 3. The maximum absolute atomic E-state index is 12.2. The van der Waals surface area contributed by atoms with Gasteiger partial charge in [-0.3, -0.25) is 0 Å². The van der Waals surface area contributed by atoms with E-state index in [0.717, 1.165) is 0 Å². The molecule has 1 heterocycles. The molecule has 2 N–H and O–H groups in total. The first-order valence-corrected chi connectivity index (χ1v) is 6.50. The highest BCUT2D eigenvalue weighted by Gasteiger charge is 2.30.